The van der Waals surface area contributed by atoms with Crippen molar-refractivity contribution in [3.05, 3.63) is 69.1 Å². The van der Waals surface area contributed by atoms with E-state index in [1.165, 1.54) is 11.3 Å². The van der Waals surface area contributed by atoms with Crippen LogP contribution in [0.3, 0.4) is 0 Å². The lowest BCUT2D eigenvalue weighted by Crippen LogP contribution is -2.12. The molecule has 0 spiro atoms. The lowest BCUT2D eigenvalue weighted by molar-refractivity contribution is 0.102. The predicted molar refractivity (Wildman–Crippen MR) is 101 cm³/mol. The molecule has 4 nitrogen and oxygen atoms in total. The summed E-state index contributed by atoms with van der Waals surface area (Å²) in [6, 6.07) is 14.4. The summed E-state index contributed by atoms with van der Waals surface area (Å²) in [6.07, 6.45) is 0.341. The quantitative estimate of drug-likeness (QED) is 0.648. The zero-order valence-corrected chi connectivity index (χ0v) is 15.1. The van der Waals surface area contributed by atoms with Gasteiger partial charge in [0.25, 0.3) is 5.91 Å². The molecule has 0 aliphatic rings. The van der Waals surface area contributed by atoms with Crippen LogP contribution in [0, 0.1) is 11.3 Å². The third-order valence-electron chi connectivity index (χ3n) is 3.40. The fraction of sp³-hybridized carbons (Fsp3) is 0.0556. The minimum Gasteiger partial charge on any atom is -0.321 e. The van der Waals surface area contributed by atoms with E-state index in [0.29, 0.717) is 32.9 Å². The average molecular weight is 388 g/mol. The Bertz CT molecular complexity index is 961. The van der Waals surface area contributed by atoms with Crippen molar-refractivity contribution in [2.75, 3.05) is 5.32 Å². The summed E-state index contributed by atoms with van der Waals surface area (Å²) in [4.78, 5) is 16.7. The lowest BCUT2D eigenvalue weighted by atomic mass is 10.1. The van der Waals surface area contributed by atoms with Crippen LogP contribution in [0.4, 0.5) is 5.69 Å². The van der Waals surface area contributed by atoms with Gasteiger partial charge >= 0.3 is 0 Å². The Kier molecular flexibility index (Phi) is 5.34. The van der Waals surface area contributed by atoms with Gasteiger partial charge < -0.3 is 5.32 Å². The third-order valence-corrected chi connectivity index (χ3v) is 5.03. The maximum absolute atomic E-state index is 12.3. The first-order valence-corrected chi connectivity index (χ1v) is 8.88. The molecule has 2 aromatic carbocycles. The molecule has 1 amide bonds. The Morgan fingerprint density at radius 3 is 2.60 bits per heavy atom. The first kappa shape index (κ1) is 17.4. The number of hydrogen-bond donors (Lipinski definition) is 1. The Balaban J connectivity index is 1.74. The average Bonchev–Trinajstić information content (AvgIpc) is 3.09. The van der Waals surface area contributed by atoms with E-state index in [2.05, 4.69) is 16.4 Å². The van der Waals surface area contributed by atoms with Crippen LogP contribution in [0.1, 0.15) is 16.1 Å². The zero-order chi connectivity index (χ0) is 17.8. The molecule has 0 saturated heterocycles. The molecule has 0 aliphatic carbocycles. The highest BCUT2D eigenvalue weighted by Crippen LogP contribution is 2.30. The number of thiazole rings is 1. The van der Waals surface area contributed by atoms with Gasteiger partial charge in [-0.2, -0.15) is 5.26 Å². The summed E-state index contributed by atoms with van der Waals surface area (Å²) in [6.45, 7) is 0. The van der Waals surface area contributed by atoms with E-state index in [1.54, 1.807) is 41.8 Å². The summed E-state index contributed by atoms with van der Waals surface area (Å²) in [5.41, 5.74) is 2.68. The molecule has 0 aliphatic heterocycles. The third kappa shape index (κ3) is 4.18. The van der Waals surface area contributed by atoms with E-state index in [0.717, 1.165) is 11.1 Å². The van der Waals surface area contributed by atoms with Gasteiger partial charge in [-0.25, -0.2) is 4.98 Å². The number of nitrogens with one attached hydrogen (secondary N) is 1. The van der Waals surface area contributed by atoms with Crippen LogP contribution < -0.4 is 5.32 Å². The number of carbonyl (C=O) groups is 1. The maximum atomic E-state index is 12.3. The van der Waals surface area contributed by atoms with Crippen LogP contribution in [0.25, 0.3) is 10.6 Å². The molecule has 0 fully saturated rings. The highest BCUT2D eigenvalue weighted by molar-refractivity contribution is 7.13. The van der Waals surface area contributed by atoms with Gasteiger partial charge in [-0.3, -0.25) is 4.79 Å². The van der Waals surface area contributed by atoms with Crippen LogP contribution in [-0.4, -0.2) is 10.9 Å². The van der Waals surface area contributed by atoms with Gasteiger partial charge in [0.05, 0.1) is 22.5 Å². The predicted octanol–water partition coefficient (Wildman–Crippen LogP) is 5.44. The van der Waals surface area contributed by atoms with Gasteiger partial charge in [-0.1, -0.05) is 41.4 Å². The Hall–Kier alpha value is -2.39. The van der Waals surface area contributed by atoms with Crippen LogP contribution in [0.15, 0.2) is 47.8 Å². The summed E-state index contributed by atoms with van der Waals surface area (Å²) < 4.78 is 0. The monoisotopic (exact) mass is 387 g/mol. The van der Waals surface area contributed by atoms with E-state index in [1.807, 2.05) is 6.07 Å². The molecule has 0 saturated carbocycles. The van der Waals surface area contributed by atoms with Gasteiger partial charge in [0.15, 0.2) is 0 Å². The molecular formula is C18H11Cl2N3OS. The Morgan fingerprint density at radius 2 is 1.92 bits per heavy atom. The number of benzene rings is 2. The van der Waals surface area contributed by atoms with Gasteiger partial charge in [0, 0.05) is 16.6 Å². The van der Waals surface area contributed by atoms with Crippen molar-refractivity contribution in [2.24, 2.45) is 0 Å². The van der Waals surface area contributed by atoms with Crippen LogP contribution in [-0.2, 0) is 6.42 Å². The molecule has 3 aromatic rings. The molecule has 3 rings (SSSR count). The molecule has 0 radical (unpaired) electrons. The van der Waals surface area contributed by atoms with Crippen LogP contribution in [0.5, 0.6) is 0 Å². The van der Waals surface area contributed by atoms with Crippen molar-refractivity contribution in [1.29, 1.82) is 5.26 Å². The number of halogens is 2. The second-order valence-corrected chi connectivity index (χ2v) is 6.83. The van der Waals surface area contributed by atoms with Crippen molar-refractivity contribution in [1.82, 2.24) is 4.98 Å². The minimum absolute atomic E-state index is 0.296. The standard InChI is InChI=1S/C18H11Cl2N3OS/c19-14-6-3-12(9-15(14)20)18-23-16(10-25-18)17(24)22-13-4-1-11(2-5-13)7-8-21/h1-6,9-10H,7H2,(H,22,24). The highest BCUT2D eigenvalue weighted by atomic mass is 35.5. The molecular weight excluding hydrogens is 377 g/mol. The number of anilines is 1. The molecule has 1 N–H and O–H groups in total. The first-order valence-electron chi connectivity index (χ1n) is 7.25. The van der Waals surface area contributed by atoms with Crippen molar-refractivity contribution >= 4 is 46.1 Å². The summed E-state index contributed by atoms with van der Waals surface area (Å²) in [5.74, 6) is -0.296. The summed E-state index contributed by atoms with van der Waals surface area (Å²) in [7, 11) is 0. The summed E-state index contributed by atoms with van der Waals surface area (Å²) >= 11 is 13.3. The van der Waals surface area contributed by atoms with Gasteiger partial charge in [0.1, 0.15) is 10.7 Å². The largest absolute Gasteiger partial charge is 0.321 e. The smallest absolute Gasteiger partial charge is 0.275 e. The molecule has 0 atom stereocenters. The van der Waals surface area contributed by atoms with Crippen molar-refractivity contribution < 1.29 is 4.79 Å². The molecule has 124 valence electrons. The van der Waals surface area contributed by atoms with E-state index >= 15 is 0 Å². The highest BCUT2D eigenvalue weighted by Gasteiger charge is 2.13. The summed E-state index contributed by atoms with van der Waals surface area (Å²) in [5, 5.41) is 14.8. The SMILES string of the molecule is N#CCc1ccc(NC(=O)c2csc(-c3ccc(Cl)c(Cl)c3)n2)cc1. The Morgan fingerprint density at radius 1 is 1.16 bits per heavy atom. The minimum atomic E-state index is -0.296. The molecule has 0 unspecified atom stereocenters. The second kappa shape index (κ2) is 7.66. The first-order chi connectivity index (χ1) is 12.1. The molecule has 1 aromatic heterocycles. The van der Waals surface area contributed by atoms with E-state index in [4.69, 9.17) is 28.5 Å². The van der Waals surface area contributed by atoms with E-state index in [9.17, 15) is 4.79 Å². The van der Waals surface area contributed by atoms with Crippen molar-refractivity contribution in [2.45, 2.75) is 6.42 Å². The molecule has 1 heterocycles. The number of nitrogens with zero attached hydrogens (tertiary/aromatic N) is 2. The number of aromatic nitrogens is 1. The molecule has 0 bridgehead atoms. The fourth-order valence-electron chi connectivity index (χ4n) is 2.13. The van der Waals surface area contributed by atoms with Gasteiger partial charge in [-0.15, -0.1) is 11.3 Å². The number of rotatable bonds is 4. The number of carbonyl (C=O) groups excluding carboxylic acids is 1. The molecule has 7 heteroatoms. The topological polar surface area (TPSA) is 65.8 Å². The lowest BCUT2D eigenvalue weighted by Gasteiger charge is -2.04. The van der Waals surface area contributed by atoms with Gasteiger partial charge in [-0.05, 0) is 29.8 Å². The maximum Gasteiger partial charge on any atom is 0.275 e. The van der Waals surface area contributed by atoms with E-state index < -0.39 is 0 Å². The van der Waals surface area contributed by atoms with Gasteiger partial charge in [0.2, 0.25) is 0 Å². The molecule has 25 heavy (non-hydrogen) atoms. The van der Waals surface area contributed by atoms with Crippen molar-refractivity contribution in [3.63, 3.8) is 0 Å². The van der Waals surface area contributed by atoms with Crippen LogP contribution in [0.2, 0.25) is 10.0 Å². The number of amides is 1. The fourth-order valence-corrected chi connectivity index (χ4v) is 3.23. The van der Waals surface area contributed by atoms with E-state index in [-0.39, 0.29) is 5.91 Å². The number of nitriles is 1. The second-order valence-electron chi connectivity index (χ2n) is 5.15. The zero-order valence-electron chi connectivity index (χ0n) is 12.8. The number of hydrogen-bond acceptors (Lipinski definition) is 4. The van der Waals surface area contributed by atoms with Crippen molar-refractivity contribution in [3.8, 4) is 16.6 Å². The Labute approximate surface area is 158 Å². The normalized spacial score (nSPS) is 10.3. The van der Waals surface area contributed by atoms with Crippen LogP contribution >= 0.6 is 34.5 Å².